The zero-order chi connectivity index (χ0) is 15.6. The van der Waals surface area contributed by atoms with Gasteiger partial charge >= 0.3 is 0 Å². The average Bonchev–Trinajstić information content (AvgIpc) is 3.15. The summed E-state index contributed by atoms with van der Waals surface area (Å²) in [5.41, 5.74) is 1.04. The SMILES string of the molecule is CC[C@H]1CCCCN1c1nc(-c2cccs2)nc2ccccc12. The maximum absolute atomic E-state index is 4.99. The van der Waals surface area contributed by atoms with Crippen LogP contribution in [-0.4, -0.2) is 22.6 Å². The Hall–Kier alpha value is -1.94. The van der Waals surface area contributed by atoms with E-state index in [0.717, 1.165) is 28.6 Å². The van der Waals surface area contributed by atoms with Gasteiger partial charge in [0.25, 0.3) is 0 Å². The Kier molecular flexibility index (Phi) is 4.00. The van der Waals surface area contributed by atoms with Crippen LogP contribution in [0.15, 0.2) is 41.8 Å². The van der Waals surface area contributed by atoms with Gasteiger partial charge in [-0.05, 0) is 49.3 Å². The van der Waals surface area contributed by atoms with Crippen LogP contribution in [-0.2, 0) is 0 Å². The summed E-state index contributed by atoms with van der Waals surface area (Å²) in [5.74, 6) is 1.97. The molecule has 0 N–H and O–H groups in total. The van der Waals surface area contributed by atoms with Crippen LogP contribution < -0.4 is 4.90 Å². The maximum atomic E-state index is 4.99. The van der Waals surface area contributed by atoms with Gasteiger partial charge in [0.2, 0.25) is 0 Å². The second-order valence-corrected chi connectivity index (χ2v) is 7.06. The van der Waals surface area contributed by atoms with Crippen molar-refractivity contribution in [2.45, 2.75) is 38.6 Å². The van der Waals surface area contributed by atoms with Gasteiger partial charge in [-0.2, -0.15) is 0 Å². The number of thiophene rings is 1. The molecule has 118 valence electrons. The molecule has 0 spiro atoms. The molecule has 1 atom stereocenters. The van der Waals surface area contributed by atoms with Crippen LogP contribution in [0.3, 0.4) is 0 Å². The molecule has 0 aliphatic carbocycles. The first-order valence-electron chi connectivity index (χ1n) is 8.44. The Balaban J connectivity index is 1.89. The number of hydrogen-bond donors (Lipinski definition) is 0. The first-order chi connectivity index (χ1) is 11.4. The highest BCUT2D eigenvalue weighted by atomic mass is 32.1. The van der Waals surface area contributed by atoms with Gasteiger partial charge in [0.05, 0.1) is 10.4 Å². The Morgan fingerprint density at radius 3 is 2.87 bits per heavy atom. The van der Waals surface area contributed by atoms with Crippen LogP contribution in [0, 0.1) is 0 Å². The van der Waals surface area contributed by atoms with Crippen molar-refractivity contribution >= 4 is 28.1 Å². The highest BCUT2D eigenvalue weighted by molar-refractivity contribution is 7.13. The van der Waals surface area contributed by atoms with E-state index in [1.807, 2.05) is 0 Å². The normalized spacial score (nSPS) is 18.5. The molecule has 1 fully saturated rings. The van der Waals surface area contributed by atoms with Crippen molar-refractivity contribution < 1.29 is 0 Å². The molecule has 0 saturated carbocycles. The molecule has 0 radical (unpaired) electrons. The number of aromatic nitrogens is 2. The molecule has 1 aliphatic heterocycles. The molecule has 1 saturated heterocycles. The lowest BCUT2D eigenvalue weighted by Gasteiger charge is -2.36. The van der Waals surface area contributed by atoms with Crippen molar-refractivity contribution in [2.75, 3.05) is 11.4 Å². The van der Waals surface area contributed by atoms with Gasteiger partial charge in [0, 0.05) is 18.0 Å². The van der Waals surface area contributed by atoms with Gasteiger partial charge in [-0.1, -0.05) is 25.1 Å². The fourth-order valence-electron chi connectivity index (χ4n) is 3.50. The van der Waals surface area contributed by atoms with Crippen molar-refractivity contribution in [3.8, 4) is 10.7 Å². The third kappa shape index (κ3) is 2.72. The van der Waals surface area contributed by atoms with Gasteiger partial charge < -0.3 is 4.90 Å². The highest BCUT2D eigenvalue weighted by Gasteiger charge is 2.24. The Morgan fingerprint density at radius 2 is 2.04 bits per heavy atom. The van der Waals surface area contributed by atoms with E-state index in [4.69, 9.17) is 9.97 Å². The van der Waals surface area contributed by atoms with E-state index >= 15 is 0 Å². The number of fused-ring (bicyclic) bond motifs is 1. The number of anilines is 1. The molecular weight excluding hydrogens is 302 g/mol. The van der Waals surface area contributed by atoms with E-state index < -0.39 is 0 Å². The number of para-hydroxylation sites is 1. The van der Waals surface area contributed by atoms with Crippen LogP contribution in [0.5, 0.6) is 0 Å². The van der Waals surface area contributed by atoms with Crippen LogP contribution in [0.25, 0.3) is 21.6 Å². The number of piperidine rings is 1. The molecule has 3 aromatic rings. The maximum Gasteiger partial charge on any atom is 0.172 e. The third-order valence-corrected chi connectivity index (χ3v) is 5.56. The summed E-state index contributed by atoms with van der Waals surface area (Å²) in [7, 11) is 0. The van der Waals surface area contributed by atoms with Crippen molar-refractivity contribution in [3.63, 3.8) is 0 Å². The minimum atomic E-state index is 0.596. The van der Waals surface area contributed by atoms with Gasteiger partial charge in [-0.15, -0.1) is 11.3 Å². The van der Waals surface area contributed by atoms with Crippen molar-refractivity contribution in [2.24, 2.45) is 0 Å². The first kappa shape index (κ1) is 14.6. The lowest BCUT2D eigenvalue weighted by atomic mass is 9.99. The summed E-state index contributed by atoms with van der Waals surface area (Å²) in [6.45, 7) is 3.38. The summed E-state index contributed by atoms with van der Waals surface area (Å²) < 4.78 is 0. The van der Waals surface area contributed by atoms with E-state index in [-0.39, 0.29) is 0 Å². The molecule has 4 heteroatoms. The zero-order valence-electron chi connectivity index (χ0n) is 13.4. The largest absolute Gasteiger partial charge is 0.353 e. The van der Waals surface area contributed by atoms with E-state index in [1.165, 1.54) is 31.1 Å². The molecular formula is C19H21N3S. The van der Waals surface area contributed by atoms with Crippen molar-refractivity contribution in [3.05, 3.63) is 41.8 Å². The number of nitrogens with zero attached hydrogens (tertiary/aromatic N) is 3. The molecule has 23 heavy (non-hydrogen) atoms. The van der Waals surface area contributed by atoms with E-state index in [0.29, 0.717) is 6.04 Å². The van der Waals surface area contributed by atoms with Crippen LogP contribution >= 0.6 is 11.3 Å². The smallest absolute Gasteiger partial charge is 0.172 e. The first-order valence-corrected chi connectivity index (χ1v) is 9.32. The van der Waals surface area contributed by atoms with Gasteiger partial charge in [0.1, 0.15) is 5.82 Å². The fraction of sp³-hybridized carbons (Fsp3) is 0.368. The molecule has 0 amide bonds. The van der Waals surface area contributed by atoms with Crippen molar-refractivity contribution in [1.29, 1.82) is 0 Å². The zero-order valence-corrected chi connectivity index (χ0v) is 14.2. The van der Waals surface area contributed by atoms with E-state index in [1.54, 1.807) is 11.3 Å². The second-order valence-electron chi connectivity index (χ2n) is 6.12. The summed E-state index contributed by atoms with van der Waals surface area (Å²) in [6, 6.07) is 13.2. The summed E-state index contributed by atoms with van der Waals surface area (Å²) in [6.07, 6.45) is 5.02. The predicted octanol–water partition coefficient (Wildman–Crippen LogP) is 5.13. The Labute approximate surface area is 141 Å². The Morgan fingerprint density at radius 1 is 1.13 bits per heavy atom. The molecule has 0 unspecified atom stereocenters. The minimum absolute atomic E-state index is 0.596. The van der Waals surface area contributed by atoms with Crippen LogP contribution in [0.2, 0.25) is 0 Å². The highest BCUT2D eigenvalue weighted by Crippen LogP contribution is 2.33. The number of rotatable bonds is 3. The van der Waals surface area contributed by atoms with E-state index in [2.05, 4.69) is 53.6 Å². The lowest BCUT2D eigenvalue weighted by Crippen LogP contribution is -2.39. The van der Waals surface area contributed by atoms with Crippen LogP contribution in [0.1, 0.15) is 32.6 Å². The monoisotopic (exact) mass is 323 g/mol. The average molecular weight is 323 g/mol. The third-order valence-electron chi connectivity index (χ3n) is 4.70. The van der Waals surface area contributed by atoms with Gasteiger partial charge in [0.15, 0.2) is 5.82 Å². The lowest BCUT2D eigenvalue weighted by molar-refractivity contribution is 0.448. The molecule has 1 aromatic carbocycles. The topological polar surface area (TPSA) is 29.0 Å². The quantitative estimate of drug-likeness (QED) is 0.669. The van der Waals surface area contributed by atoms with Gasteiger partial charge in [-0.3, -0.25) is 0 Å². The Bertz CT molecular complexity index is 797. The molecule has 2 aromatic heterocycles. The fourth-order valence-corrected chi connectivity index (χ4v) is 4.16. The van der Waals surface area contributed by atoms with Gasteiger partial charge in [-0.25, -0.2) is 9.97 Å². The van der Waals surface area contributed by atoms with Crippen LogP contribution in [0.4, 0.5) is 5.82 Å². The predicted molar refractivity (Wildman–Crippen MR) is 98.1 cm³/mol. The standard InChI is InChI=1S/C19H21N3S/c1-2-14-8-5-6-12-22(14)19-15-9-3-4-10-16(15)20-18(21-19)17-11-7-13-23-17/h3-4,7,9-11,13-14H,2,5-6,8,12H2,1H3/t14-/m0/s1. The second kappa shape index (κ2) is 6.28. The van der Waals surface area contributed by atoms with E-state index in [9.17, 15) is 0 Å². The summed E-state index contributed by atoms with van der Waals surface area (Å²) in [4.78, 5) is 13.4. The van der Waals surface area contributed by atoms with Crippen molar-refractivity contribution in [1.82, 2.24) is 9.97 Å². The molecule has 1 aliphatic rings. The molecule has 3 nitrogen and oxygen atoms in total. The molecule has 4 rings (SSSR count). The number of benzene rings is 1. The summed E-state index contributed by atoms with van der Waals surface area (Å²) >= 11 is 1.70. The number of hydrogen-bond acceptors (Lipinski definition) is 4. The molecule has 3 heterocycles. The minimum Gasteiger partial charge on any atom is -0.353 e. The summed E-state index contributed by atoms with van der Waals surface area (Å²) in [5, 5.41) is 3.26. The molecule has 0 bridgehead atoms.